The largest absolute Gasteiger partial charge is 0.497 e. The summed E-state index contributed by atoms with van der Waals surface area (Å²) in [6.45, 7) is 3.53. The summed E-state index contributed by atoms with van der Waals surface area (Å²) in [4.78, 5) is 0. The Hall–Kier alpha value is -1.10. The zero-order valence-corrected chi connectivity index (χ0v) is 13.0. The van der Waals surface area contributed by atoms with Gasteiger partial charge in [0.1, 0.15) is 11.9 Å². The molecule has 1 unspecified atom stereocenters. The van der Waals surface area contributed by atoms with Crippen molar-refractivity contribution in [3.63, 3.8) is 0 Å². The van der Waals surface area contributed by atoms with Gasteiger partial charge in [-0.2, -0.15) is 0 Å². The van der Waals surface area contributed by atoms with E-state index < -0.39 is 6.10 Å². The molecule has 0 spiro atoms. The molecular weight excluding hydrogens is 266 g/mol. The fraction of sp³-hybridized carbons (Fsp3) is 0.647. The summed E-state index contributed by atoms with van der Waals surface area (Å²) in [5, 5.41) is 13.7. The first-order valence-electron chi connectivity index (χ1n) is 7.90. The highest BCUT2D eigenvalue weighted by Crippen LogP contribution is 2.24. The lowest BCUT2D eigenvalue weighted by atomic mass is 9.93. The molecule has 1 aliphatic carbocycles. The maximum absolute atomic E-state index is 10.2. The first kappa shape index (κ1) is 16.3. The second-order valence-corrected chi connectivity index (χ2v) is 5.66. The fourth-order valence-corrected chi connectivity index (χ4v) is 2.89. The van der Waals surface area contributed by atoms with Crippen LogP contribution >= 0.6 is 0 Å². The molecule has 1 atom stereocenters. The van der Waals surface area contributed by atoms with Crippen molar-refractivity contribution in [2.24, 2.45) is 0 Å². The van der Waals surface area contributed by atoms with E-state index in [2.05, 4.69) is 12.2 Å². The minimum atomic E-state index is -0.591. The minimum absolute atomic E-state index is 0.278. The van der Waals surface area contributed by atoms with Crippen LogP contribution in [0.5, 0.6) is 5.75 Å². The predicted molar refractivity (Wildman–Crippen MR) is 83.6 cm³/mol. The first-order valence-corrected chi connectivity index (χ1v) is 7.90. The van der Waals surface area contributed by atoms with Crippen molar-refractivity contribution in [3.05, 3.63) is 29.8 Å². The Kier molecular flexibility index (Phi) is 6.49. The van der Waals surface area contributed by atoms with Crippen LogP contribution in [-0.2, 0) is 4.74 Å². The monoisotopic (exact) mass is 293 g/mol. The number of benzene rings is 1. The molecular formula is C17H27NO3. The number of aliphatic hydroxyl groups is 1. The Morgan fingerprint density at radius 2 is 2.05 bits per heavy atom. The third-order valence-electron chi connectivity index (χ3n) is 4.14. The van der Waals surface area contributed by atoms with Gasteiger partial charge in [-0.25, -0.2) is 0 Å². The van der Waals surface area contributed by atoms with E-state index in [-0.39, 0.29) is 6.10 Å². The highest BCUT2D eigenvalue weighted by Gasteiger charge is 2.21. The quantitative estimate of drug-likeness (QED) is 0.811. The maximum Gasteiger partial charge on any atom is 0.119 e. The van der Waals surface area contributed by atoms with Crippen molar-refractivity contribution in [3.8, 4) is 5.75 Å². The molecule has 1 aromatic carbocycles. The van der Waals surface area contributed by atoms with E-state index in [0.717, 1.165) is 43.5 Å². The molecule has 1 fully saturated rings. The highest BCUT2D eigenvalue weighted by molar-refractivity contribution is 5.29. The zero-order chi connectivity index (χ0) is 15.1. The fourth-order valence-electron chi connectivity index (χ4n) is 2.89. The maximum atomic E-state index is 10.2. The Balaban J connectivity index is 1.75. The van der Waals surface area contributed by atoms with Crippen LogP contribution in [0.4, 0.5) is 0 Å². The van der Waals surface area contributed by atoms with Gasteiger partial charge in [-0.15, -0.1) is 0 Å². The average molecular weight is 293 g/mol. The number of aliphatic hydroxyl groups excluding tert-OH is 1. The second kappa shape index (κ2) is 8.37. The van der Waals surface area contributed by atoms with Crippen molar-refractivity contribution >= 4 is 0 Å². The number of nitrogens with one attached hydrogen (secondary N) is 1. The van der Waals surface area contributed by atoms with Crippen LogP contribution < -0.4 is 10.1 Å². The van der Waals surface area contributed by atoms with Gasteiger partial charge in [0.2, 0.25) is 0 Å². The average Bonchev–Trinajstić information content (AvgIpc) is 2.54. The lowest BCUT2D eigenvalue weighted by Crippen LogP contribution is -2.35. The van der Waals surface area contributed by atoms with Gasteiger partial charge in [-0.1, -0.05) is 19.1 Å². The van der Waals surface area contributed by atoms with Crippen molar-refractivity contribution in [1.82, 2.24) is 5.32 Å². The molecule has 0 amide bonds. The Morgan fingerprint density at radius 1 is 1.29 bits per heavy atom. The third-order valence-corrected chi connectivity index (χ3v) is 4.14. The molecule has 1 aliphatic rings. The summed E-state index contributed by atoms with van der Waals surface area (Å²) in [6, 6.07) is 8.16. The van der Waals surface area contributed by atoms with Crippen LogP contribution in [0.1, 0.15) is 44.3 Å². The summed E-state index contributed by atoms with van der Waals surface area (Å²) in [6.07, 6.45) is 4.15. The Morgan fingerprint density at radius 3 is 2.71 bits per heavy atom. The van der Waals surface area contributed by atoms with E-state index in [0.29, 0.717) is 12.6 Å². The number of hydrogen-bond acceptors (Lipinski definition) is 4. The lowest BCUT2D eigenvalue weighted by Gasteiger charge is -2.29. The van der Waals surface area contributed by atoms with Crippen molar-refractivity contribution in [2.45, 2.75) is 50.9 Å². The molecule has 21 heavy (non-hydrogen) atoms. The summed E-state index contributed by atoms with van der Waals surface area (Å²) in [7, 11) is 1.63. The van der Waals surface area contributed by atoms with Gasteiger partial charge in [0.15, 0.2) is 0 Å². The molecule has 0 aromatic heterocycles. The van der Waals surface area contributed by atoms with Gasteiger partial charge in [0.05, 0.1) is 19.8 Å². The molecule has 118 valence electrons. The molecule has 1 aromatic rings. The minimum Gasteiger partial charge on any atom is -0.497 e. The Labute approximate surface area is 127 Å². The van der Waals surface area contributed by atoms with E-state index in [1.54, 1.807) is 7.11 Å². The molecule has 2 rings (SSSR count). The summed E-state index contributed by atoms with van der Waals surface area (Å²) >= 11 is 0. The van der Waals surface area contributed by atoms with Gasteiger partial charge in [-0.05, 0) is 49.9 Å². The summed E-state index contributed by atoms with van der Waals surface area (Å²) in [5.74, 6) is 0.762. The normalized spacial score (nSPS) is 23.8. The highest BCUT2D eigenvalue weighted by atomic mass is 16.5. The van der Waals surface area contributed by atoms with Crippen LogP contribution in [0.3, 0.4) is 0 Å². The topological polar surface area (TPSA) is 50.7 Å². The van der Waals surface area contributed by atoms with Crippen molar-refractivity contribution < 1.29 is 14.6 Å². The molecule has 4 heteroatoms. The lowest BCUT2D eigenvalue weighted by molar-refractivity contribution is -0.0277. The van der Waals surface area contributed by atoms with E-state index in [4.69, 9.17) is 9.47 Å². The number of hydrogen-bond donors (Lipinski definition) is 2. The zero-order valence-electron chi connectivity index (χ0n) is 13.0. The van der Waals surface area contributed by atoms with Gasteiger partial charge >= 0.3 is 0 Å². The van der Waals surface area contributed by atoms with Crippen molar-refractivity contribution in [2.75, 3.05) is 20.3 Å². The molecule has 1 saturated carbocycles. The molecule has 0 saturated heterocycles. The van der Waals surface area contributed by atoms with Gasteiger partial charge in [0.25, 0.3) is 0 Å². The molecule has 2 N–H and O–H groups in total. The predicted octanol–water partition coefficient (Wildman–Crippen LogP) is 2.67. The molecule has 0 bridgehead atoms. The van der Waals surface area contributed by atoms with Crippen molar-refractivity contribution in [1.29, 1.82) is 0 Å². The van der Waals surface area contributed by atoms with Gasteiger partial charge < -0.3 is 19.9 Å². The second-order valence-electron chi connectivity index (χ2n) is 5.66. The van der Waals surface area contributed by atoms with Crippen LogP contribution in [0.15, 0.2) is 24.3 Å². The number of ether oxygens (including phenoxy) is 2. The molecule has 4 nitrogen and oxygen atoms in total. The van der Waals surface area contributed by atoms with E-state index in [9.17, 15) is 5.11 Å². The first-order chi connectivity index (χ1) is 10.2. The van der Waals surface area contributed by atoms with Gasteiger partial charge in [0, 0.05) is 6.04 Å². The van der Waals surface area contributed by atoms with Crippen LogP contribution in [-0.4, -0.2) is 37.5 Å². The van der Waals surface area contributed by atoms with Crippen LogP contribution in [0.2, 0.25) is 0 Å². The number of methoxy groups -OCH3 is 1. The van der Waals surface area contributed by atoms with E-state index in [1.807, 2.05) is 24.3 Å². The smallest absolute Gasteiger partial charge is 0.119 e. The number of rotatable bonds is 7. The third kappa shape index (κ3) is 4.99. The molecule has 0 aliphatic heterocycles. The van der Waals surface area contributed by atoms with E-state index in [1.165, 1.54) is 0 Å². The Bertz CT molecular complexity index is 416. The standard InChI is InChI=1S/C17H27NO3/c1-3-18-14-7-9-15(10-8-14)21-12-17(19)13-5-4-6-16(11-13)20-2/h4-6,11,14-15,17-19H,3,7-10,12H2,1-2H3. The summed E-state index contributed by atoms with van der Waals surface area (Å²) in [5.41, 5.74) is 0.843. The van der Waals surface area contributed by atoms with Crippen LogP contribution in [0.25, 0.3) is 0 Å². The van der Waals surface area contributed by atoms with Crippen LogP contribution in [0, 0.1) is 0 Å². The molecule has 0 heterocycles. The molecule has 0 radical (unpaired) electrons. The summed E-state index contributed by atoms with van der Waals surface area (Å²) < 4.78 is 11.1. The van der Waals surface area contributed by atoms with E-state index >= 15 is 0 Å². The SMILES string of the molecule is CCNC1CCC(OCC(O)c2cccc(OC)c2)CC1. The van der Waals surface area contributed by atoms with Gasteiger partial charge in [-0.3, -0.25) is 0 Å².